The van der Waals surface area contributed by atoms with Crippen molar-refractivity contribution >= 4 is 17.7 Å². The molecule has 2 heterocycles. The number of nitrogens with zero attached hydrogens (tertiary/aromatic N) is 3. The maximum absolute atomic E-state index is 11.5. The molecule has 0 N–H and O–H groups in total. The first-order valence-corrected chi connectivity index (χ1v) is 8.64. The average molecular weight is 339 g/mol. The summed E-state index contributed by atoms with van der Waals surface area (Å²) >= 11 is 1.72. The van der Waals surface area contributed by atoms with Gasteiger partial charge in [0.1, 0.15) is 6.07 Å². The molecule has 24 heavy (non-hydrogen) atoms. The number of hydrogen-bond acceptors (Lipinski definition) is 6. The SMILES string of the molecule is COC(=O)CC1(CSc2ccncc2-c2ccc(C#N)cn2)CC1. The summed E-state index contributed by atoms with van der Waals surface area (Å²) in [5.74, 6) is 0.729. The molecule has 1 fully saturated rings. The van der Waals surface area contributed by atoms with Crippen LogP contribution in [0.25, 0.3) is 11.3 Å². The zero-order valence-electron chi connectivity index (χ0n) is 13.4. The first kappa shape index (κ1) is 16.5. The van der Waals surface area contributed by atoms with Gasteiger partial charge in [0.15, 0.2) is 0 Å². The second-order valence-corrected chi connectivity index (χ2v) is 6.97. The molecule has 1 saturated carbocycles. The third-order valence-corrected chi connectivity index (χ3v) is 5.61. The topological polar surface area (TPSA) is 75.9 Å². The highest BCUT2D eigenvalue weighted by Gasteiger charge is 2.44. The summed E-state index contributed by atoms with van der Waals surface area (Å²) in [5.41, 5.74) is 2.34. The molecule has 0 bridgehead atoms. The number of carbonyl (C=O) groups is 1. The van der Waals surface area contributed by atoms with Crippen molar-refractivity contribution in [2.24, 2.45) is 5.41 Å². The fourth-order valence-electron chi connectivity index (χ4n) is 2.48. The van der Waals surface area contributed by atoms with Crippen LogP contribution in [0.4, 0.5) is 0 Å². The van der Waals surface area contributed by atoms with Gasteiger partial charge >= 0.3 is 5.97 Å². The van der Waals surface area contributed by atoms with Gasteiger partial charge in [-0.15, -0.1) is 11.8 Å². The van der Waals surface area contributed by atoms with E-state index in [1.54, 1.807) is 36.4 Å². The molecular weight excluding hydrogens is 322 g/mol. The molecule has 5 nitrogen and oxygen atoms in total. The number of aromatic nitrogens is 2. The zero-order chi connectivity index (χ0) is 17.0. The Morgan fingerprint density at radius 3 is 2.83 bits per heavy atom. The molecular formula is C18H17N3O2S. The number of carbonyl (C=O) groups excluding carboxylic acids is 1. The van der Waals surface area contributed by atoms with Gasteiger partial charge in [-0.05, 0) is 36.5 Å². The fraction of sp³-hybridized carbons (Fsp3) is 0.333. The Kier molecular flexibility index (Phi) is 4.81. The molecule has 3 rings (SSSR count). The Labute approximate surface area is 145 Å². The summed E-state index contributed by atoms with van der Waals surface area (Å²) in [6, 6.07) is 7.62. The van der Waals surface area contributed by atoms with E-state index in [1.807, 2.05) is 12.1 Å². The molecule has 1 aliphatic rings. The number of hydrogen-bond donors (Lipinski definition) is 0. The van der Waals surface area contributed by atoms with E-state index >= 15 is 0 Å². The monoisotopic (exact) mass is 339 g/mol. The molecule has 0 radical (unpaired) electrons. The lowest BCUT2D eigenvalue weighted by Gasteiger charge is -2.14. The van der Waals surface area contributed by atoms with Gasteiger partial charge in [-0.2, -0.15) is 5.26 Å². The van der Waals surface area contributed by atoms with Crippen LogP contribution in [0.1, 0.15) is 24.8 Å². The number of methoxy groups -OCH3 is 1. The van der Waals surface area contributed by atoms with E-state index in [-0.39, 0.29) is 11.4 Å². The smallest absolute Gasteiger partial charge is 0.306 e. The lowest BCUT2D eigenvalue weighted by atomic mass is 10.1. The van der Waals surface area contributed by atoms with Crippen LogP contribution in [0.5, 0.6) is 0 Å². The Morgan fingerprint density at radius 2 is 2.21 bits per heavy atom. The number of nitriles is 1. The molecule has 1 aliphatic carbocycles. The maximum atomic E-state index is 11.5. The molecule has 0 atom stereocenters. The van der Waals surface area contributed by atoms with Crippen LogP contribution >= 0.6 is 11.8 Å². The number of ether oxygens (including phenoxy) is 1. The minimum absolute atomic E-state index is 0.0659. The maximum Gasteiger partial charge on any atom is 0.306 e. The molecule has 0 spiro atoms. The van der Waals surface area contributed by atoms with Crippen LogP contribution in [-0.4, -0.2) is 28.8 Å². The minimum Gasteiger partial charge on any atom is -0.469 e. The van der Waals surface area contributed by atoms with Crippen LogP contribution in [0.3, 0.4) is 0 Å². The normalized spacial score (nSPS) is 14.7. The van der Waals surface area contributed by atoms with Crippen molar-refractivity contribution in [2.45, 2.75) is 24.2 Å². The highest BCUT2D eigenvalue weighted by molar-refractivity contribution is 7.99. The van der Waals surface area contributed by atoms with Crippen LogP contribution in [0.2, 0.25) is 0 Å². The van der Waals surface area contributed by atoms with Crippen LogP contribution in [-0.2, 0) is 9.53 Å². The van der Waals surface area contributed by atoms with Gasteiger partial charge in [0.25, 0.3) is 0 Å². The molecule has 2 aromatic heterocycles. The molecule has 0 aromatic carbocycles. The first-order valence-electron chi connectivity index (χ1n) is 7.66. The Bertz CT molecular complexity index is 780. The lowest BCUT2D eigenvalue weighted by molar-refractivity contribution is -0.141. The number of thioether (sulfide) groups is 1. The Morgan fingerprint density at radius 1 is 1.38 bits per heavy atom. The molecule has 0 saturated heterocycles. The van der Waals surface area contributed by atoms with E-state index in [9.17, 15) is 4.79 Å². The minimum atomic E-state index is -0.142. The molecule has 122 valence electrons. The van der Waals surface area contributed by atoms with E-state index < -0.39 is 0 Å². The van der Waals surface area contributed by atoms with Gasteiger partial charge in [0.2, 0.25) is 0 Å². The lowest BCUT2D eigenvalue weighted by Crippen LogP contribution is -2.13. The predicted molar refractivity (Wildman–Crippen MR) is 91.2 cm³/mol. The second kappa shape index (κ2) is 7.02. The van der Waals surface area contributed by atoms with E-state index in [0.717, 1.165) is 34.7 Å². The first-order chi connectivity index (χ1) is 11.7. The summed E-state index contributed by atoms with van der Waals surface area (Å²) in [6.07, 6.45) is 7.71. The van der Waals surface area contributed by atoms with Gasteiger partial charge in [-0.25, -0.2) is 0 Å². The third kappa shape index (κ3) is 3.74. The highest BCUT2D eigenvalue weighted by Crippen LogP contribution is 2.52. The van der Waals surface area contributed by atoms with E-state index in [0.29, 0.717) is 12.0 Å². The van der Waals surface area contributed by atoms with Crippen molar-refractivity contribution in [3.8, 4) is 17.3 Å². The quantitative estimate of drug-likeness (QED) is 0.593. The largest absolute Gasteiger partial charge is 0.469 e. The van der Waals surface area contributed by atoms with Gasteiger partial charge < -0.3 is 4.74 Å². The zero-order valence-corrected chi connectivity index (χ0v) is 14.2. The van der Waals surface area contributed by atoms with Crippen LogP contribution < -0.4 is 0 Å². The van der Waals surface area contributed by atoms with E-state index in [2.05, 4.69) is 16.0 Å². The molecule has 0 unspecified atom stereocenters. The van der Waals surface area contributed by atoms with E-state index in [4.69, 9.17) is 10.00 Å². The van der Waals surface area contributed by atoms with Crippen molar-refractivity contribution in [1.29, 1.82) is 5.26 Å². The second-order valence-electron chi connectivity index (χ2n) is 5.96. The van der Waals surface area contributed by atoms with Crippen LogP contribution in [0.15, 0.2) is 41.7 Å². The van der Waals surface area contributed by atoms with Gasteiger partial charge in [-0.1, -0.05) is 0 Å². The fourth-order valence-corrected chi connectivity index (χ4v) is 3.80. The number of esters is 1. The summed E-state index contributed by atoms with van der Waals surface area (Å²) in [4.78, 5) is 21.2. The van der Waals surface area contributed by atoms with Crippen molar-refractivity contribution in [3.05, 3.63) is 42.4 Å². The summed E-state index contributed by atoms with van der Waals surface area (Å²) in [6.45, 7) is 0. The molecule has 0 aliphatic heterocycles. The standard InChI is InChI=1S/C18H17N3O2S/c1-23-17(22)8-18(5-6-18)12-24-16-4-7-20-11-14(16)15-3-2-13(9-19)10-21-15/h2-4,7,10-11H,5-6,8,12H2,1H3. The Balaban J connectivity index is 1.75. The molecule has 6 heteroatoms. The molecule has 2 aromatic rings. The summed E-state index contributed by atoms with van der Waals surface area (Å²) in [7, 11) is 1.43. The third-order valence-electron chi connectivity index (χ3n) is 4.19. The number of pyridine rings is 2. The van der Waals surface area contributed by atoms with Crippen molar-refractivity contribution in [3.63, 3.8) is 0 Å². The number of rotatable bonds is 6. The highest BCUT2D eigenvalue weighted by atomic mass is 32.2. The Hall–Kier alpha value is -2.39. The van der Waals surface area contributed by atoms with Gasteiger partial charge in [0, 0.05) is 34.8 Å². The summed E-state index contributed by atoms with van der Waals surface area (Å²) < 4.78 is 4.80. The van der Waals surface area contributed by atoms with Crippen LogP contribution in [0, 0.1) is 16.7 Å². The van der Waals surface area contributed by atoms with Gasteiger partial charge in [0.05, 0.1) is 24.8 Å². The average Bonchev–Trinajstić information content (AvgIpc) is 3.40. The predicted octanol–water partition coefficient (Wildman–Crippen LogP) is 3.45. The van der Waals surface area contributed by atoms with Crippen molar-refractivity contribution < 1.29 is 9.53 Å². The van der Waals surface area contributed by atoms with E-state index in [1.165, 1.54) is 7.11 Å². The van der Waals surface area contributed by atoms with Crippen molar-refractivity contribution in [1.82, 2.24) is 9.97 Å². The van der Waals surface area contributed by atoms with Crippen molar-refractivity contribution in [2.75, 3.05) is 12.9 Å². The molecule has 0 amide bonds. The van der Waals surface area contributed by atoms with Gasteiger partial charge in [-0.3, -0.25) is 14.8 Å². The summed E-state index contributed by atoms with van der Waals surface area (Å²) in [5, 5.41) is 8.88.